The second kappa shape index (κ2) is 7.25. The van der Waals surface area contributed by atoms with E-state index in [-0.39, 0.29) is 0 Å². The Morgan fingerprint density at radius 2 is 2.18 bits per heavy atom. The van der Waals surface area contributed by atoms with Gasteiger partial charge in [0, 0.05) is 32.9 Å². The van der Waals surface area contributed by atoms with Gasteiger partial charge in [0.1, 0.15) is 5.82 Å². The smallest absolute Gasteiger partial charge is 0.123 e. The minimum absolute atomic E-state index is 0.570. The molecule has 0 saturated carbocycles. The average Bonchev–Trinajstić information content (AvgIpc) is 2.28. The first-order valence-corrected chi connectivity index (χ1v) is 6.03. The predicted molar refractivity (Wildman–Crippen MR) is 70.6 cm³/mol. The van der Waals surface area contributed by atoms with Crippen LogP contribution in [0.15, 0.2) is 18.3 Å². The Labute approximate surface area is 104 Å². The zero-order valence-corrected chi connectivity index (χ0v) is 11.0. The Hall–Kier alpha value is -1.13. The van der Waals surface area contributed by atoms with Crippen LogP contribution in [-0.2, 0) is 11.3 Å². The molecule has 4 nitrogen and oxygen atoms in total. The van der Waals surface area contributed by atoms with Crippen LogP contribution in [0.2, 0.25) is 0 Å². The van der Waals surface area contributed by atoms with Crippen molar-refractivity contribution in [2.45, 2.75) is 20.4 Å². The van der Waals surface area contributed by atoms with E-state index in [0.29, 0.717) is 11.7 Å². The van der Waals surface area contributed by atoms with Crippen molar-refractivity contribution >= 4 is 5.82 Å². The number of pyridine rings is 1. The van der Waals surface area contributed by atoms with Gasteiger partial charge in [-0.25, -0.2) is 4.98 Å². The molecule has 4 heteroatoms. The van der Waals surface area contributed by atoms with E-state index in [4.69, 9.17) is 10.5 Å². The van der Waals surface area contributed by atoms with Crippen molar-refractivity contribution in [1.29, 1.82) is 0 Å². The van der Waals surface area contributed by atoms with Gasteiger partial charge in [-0.15, -0.1) is 0 Å². The van der Waals surface area contributed by atoms with E-state index in [2.05, 4.69) is 23.7 Å². The molecular formula is C13H23N3O. The summed E-state index contributed by atoms with van der Waals surface area (Å²) >= 11 is 0. The summed E-state index contributed by atoms with van der Waals surface area (Å²) in [5.41, 5.74) is 6.76. The monoisotopic (exact) mass is 237 g/mol. The number of hydrogen-bond donors (Lipinski definition) is 1. The number of aromatic nitrogens is 1. The number of nitrogens with two attached hydrogens (primary N) is 1. The number of nitrogen functional groups attached to an aromatic ring is 1. The van der Waals surface area contributed by atoms with Crippen LogP contribution in [-0.4, -0.2) is 36.7 Å². The average molecular weight is 237 g/mol. The first-order chi connectivity index (χ1) is 8.11. The second-order valence-corrected chi connectivity index (χ2v) is 4.71. The van der Waals surface area contributed by atoms with Crippen LogP contribution in [0.5, 0.6) is 0 Å². The standard InChI is InChI=1S/C13H23N3O/c1-11(2)9-16(6-7-17-3)10-12-4-5-13(14)15-8-12/h4-5,8,11H,6-7,9-10H2,1-3H3,(H2,14,15). The Morgan fingerprint density at radius 3 is 2.71 bits per heavy atom. The van der Waals surface area contributed by atoms with E-state index in [0.717, 1.165) is 26.2 Å². The van der Waals surface area contributed by atoms with Crippen LogP contribution in [0.3, 0.4) is 0 Å². The summed E-state index contributed by atoms with van der Waals surface area (Å²) in [6.07, 6.45) is 1.84. The third-order valence-corrected chi connectivity index (χ3v) is 2.49. The Balaban J connectivity index is 2.54. The first kappa shape index (κ1) is 13.9. The maximum atomic E-state index is 5.57. The summed E-state index contributed by atoms with van der Waals surface area (Å²) in [6, 6.07) is 3.88. The highest BCUT2D eigenvalue weighted by atomic mass is 16.5. The molecule has 2 N–H and O–H groups in total. The molecule has 17 heavy (non-hydrogen) atoms. The summed E-state index contributed by atoms with van der Waals surface area (Å²) in [5, 5.41) is 0. The van der Waals surface area contributed by atoms with Crippen molar-refractivity contribution in [3.63, 3.8) is 0 Å². The molecule has 1 aromatic heterocycles. The molecule has 0 radical (unpaired) electrons. The van der Waals surface area contributed by atoms with E-state index in [1.165, 1.54) is 5.56 Å². The zero-order chi connectivity index (χ0) is 12.7. The summed E-state index contributed by atoms with van der Waals surface area (Å²) in [6.45, 7) is 8.11. The van der Waals surface area contributed by atoms with Crippen LogP contribution < -0.4 is 5.73 Å². The van der Waals surface area contributed by atoms with Gasteiger partial charge in [0.15, 0.2) is 0 Å². The number of anilines is 1. The molecule has 0 aromatic carbocycles. The van der Waals surface area contributed by atoms with Gasteiger partial charge in [-0.3, -0.25) is 4.90 Å². The zero-order valence-electron chi connectivity index (χ0n) is 11.0. The van der Waals surface area contributed by atoms with Crippen molar-refractivity contribution in [1.82, 2.24) is 9.88 Å². The van der Waals surface area contributed by atoms with Crippen molar-refractivity contribution in [2.24, 2.45) is 5.92 Å². The lowest BCUT2D eigenvalue weighted by Gasteiger charge is -2.23. The van der Waals surface area contributed by atoms with E-state index >= 15 is 0 Å². The molecule has 0 bridgehead atoms. The topological polar surface area (TPSA) is 51.4 Å². The first-order valence-electron chi connectivity index (χ1n) is 6.03. The summed E-state index contributed by atoms with van der Waals surface area (Å²) in [7, 11) is 1.73. The van der Waals surface area contributed by atoms with Gasteiger partial charge in [0.2, 0.25) is 0 Å². The van der Waals surface area contributed by atoms with Crippen LogP contribution in [0.1, 0.15) is 19.4 Å². The molecule has 1 aromatic rings. The van der Waals surface area contributed by atoms with Crippen LogP contribution >= 0.6 is 0 Å². The molecule has 0 saturated heterocycles. The predicted octanol–water partition coefficient (Wildman–Crippen LogP) is 1.77. The van der Waals surface area contributed by atoms with Crippen LogP contribution in [0, 0.1) is 5.92 Å². The lowest BCUT2D eigenvalue weighted by Crippen LogP contribution is -2.30. The second-order valence-electron chi connectivity index (χ2n) is 4.71. The van der Waals surface area contributed by atoms with Gasteiger partial charge < -0.3 is 10.5 Å². The van der Waals surface area contributed by atoms with Gasteiger partial charge in [0.25, 0.3) is 0 Å². The lowest BCUT2D eigenvalue weighted by atomic mass is 10.2. The van der Waals surface area contributed by atoms with Gasteiger partial charge in [-0.1, -0.05) is 19.9 Å². The quantitative estimate of drug-likeness (QED) is 0.785. The molecule has 0 aliphatic heterocycles. The molecule has 0 aliphatic rings. The molecule has 0 spiro atoms. The number of methoxy groups -OCH3 is 1. The molecule has 0 atom stereocenters. The number of nitrogens with zero attached hydrogens (tertiary/aromatic N) is 2. The largest absolute Gasteiger partial charge is 0.384 e. The number of hydrogen-bond acceptors (Lipinski definition) is 4. The summed E-state index contributed by atoms with van der Waals surface area (Å²) < 4.78 is 5.13. The molecule has 0 aliphatic carbocycles. The third-order valence-electron chi connectivity index (χ3n) is 2.49. The van der Waals surface area contributed by atoms with Crippen molar-refractivity contribution in [2.75, 3.05) is 32.5 Å². The number of rotatable bonds is 7. The van der Waals surface area contributed by atoms with Crippen molar-refractivity contribution in [3.8, 4) is 0 Å². The molecule has 1 rings (SSSR count). The van der Waals surface area contributed by atoms with Gasteiger partial charge in [-0.05, 0) is 17.5 Å². The highest BCUT2D eigenvalue weighted by Gasteiger charge is 2.08. The Bertz CT molecular complexity index is 311. The van der Waals surface area contributed by atoms with Crippen LogP contribution in [0.25, 0.3) is 0 Å². The fourth-order valence-electron chi connectivity index (χ4n) is 1.76. The van der Waals surface area contributed by atoms with Gasteiger partial charge in [-0.2, -0.15) is 0 Å². The van der Waals surface area contributed by atoms with Gasteiger partial charge >= 0.3 is 0 Å². The fraction of sp³-hybridized carbons (Fsp3) is 0.615. The molecule has 96 valence electrons. The molecule has 0 fully saturated rings. The van der Waals surface area contributed by atoms with Crippen LogP contribution in [0.4, 0.5) is 5.82 Å². The van der Waals surface area contributed by atoms with Gasteiger partial charge in [0.05, 0.1) is 6.61 Å². The minimum Gasteiger partial charge on any atom is -0.384 e. The fourth-order valence-corrected chi connectivity index (χ4v) is 1.76. The number of ether oxygens (including phenoxy) is 1. The normalized spacial score (nSPS) is 11.4. The Morgan fingerprint density at radius 1 is 1.41 bits per heavy atom. The van der Waals surface area contributed by atoms with E-state index in [9.17, 15) is 0 Å². The SMILES string of the molecule is COCCN(Cc1ccc(N)nc1)CC(C)C. The van der Waals surface area contributed by atoms with Crippen molar-refractivity contribution in [3.05, 3.63) is 23.9 Å². The summed E-state index contributed by atoms with van der Waals surface area (Å²) in [5.74, 6) is 1.22. The third kappa shape index (κ3) is 5.65. The van der Waals surface area contributed by atoms with E-state index in [1.807, 2.05) is 18.3 Å². The van der Waals surface area contributed by atoms with E-state index < -0.39 is 0 Å². The van der Waals surface area contributed by atoms with Crippen molar-refractivity contribution < 1.29 is 4.74 Å². The maximum absolute atomic E-state index is 5.57. The lowest BCUT2D eigenvalue weighted by molar-refractivity contribution is 0.136. The molecule has 0 unspecified atom stereocenters. The minimum atomic E-state index is 0.570. The maximum Gasteiger partial charge on any atom is 0.123 e. The highest BCUT2D eigenvalue weighted by molar-refractivity contribution is 5.29. The molecule has 1 heterocycles. The van der Waals surface area contributed by atoms with E-state index in [1.54, 1.807) is 7.11 Å². The molecule has 0 amide bonds. The molecular weight excluding hydrogens is 214 g/mol. The summed E-state index contributed by atoms with van der Waals surface area (Å²) in [4.78, 5) is 6.49. The highest BCUT2D eigenvalue weighted by Crippen LogP contribution is 2.07. The Kier molecular flexibility index (Phi) is 5.94.